The van der Waals surface area contributed by atoms with Crippen LogP contribution < -0.4 is 9.47 Å². The van der Waals surface area contributed by atoms with Crippen LogP contribution in [0.5, 0.6) is 11.5 Å². The maximum atomic E-state index is 12.1. The molecule has 0 aromatic heterocycles. The lowest BCUT2D eigenvalue weighted by molar-refractivity contribution is -0.145. The summed E-state index contributed by atoms with van der Waals surface area (Å²) >= 11 is 9.90. The van der Waals surface area contributed by atoms with Crippen LogP contribution in [0.4, 0.5) is 0 Å². The molecule has 0 saturated carbocycles. The standard InChI is InChI=1S/C22H25BrClNO4/c1-3-29-20-9-7-14(23)12-16(20)21(17-13-15(24)8-10-19(17)28-2)25-11-5-4-6-18(25)22(26)27/h7-10,12-13,18,21H,3-6,11H2,1-2H3,(H,26,27). The van der Waals surface area contributed by atoms with Crippen LogP contribution >= 0.6 is 27.5 Å². The molecule has 1 heterocycles. The third-order valence-electron chi connectivity index (χ3n) is 5.21. The highest BCUT2D eigenvalue weighted by atomic mass is 79.9. The molecule has 2 unspecified atom stereocenters. The lowest BCUT2D eigenvalue weighted by Gasteiger charge is -2.40. The lowest BCUT2D eigenvalue weighted by Crippen LogP contribution is -2.47. The molecule has 3 rings (SSSR count). The molecule has 2 aromatic rings. The summed E-state index contributed by atoms with van der Waals surface area (Å²) in [4.78, 5) is 14.1. The van der Waals surface area contributed by atoms with Gasteiger partial charge < -0.3 is 14.6 Å². The summed E-state index contributed by atoms with van der Waals surface area (Å²) < 4.78 is 12.4. The fourth-order valence-corrected chi connectivity index (χ4v) is 4.55. The molecule has 1 fully saturated rings. The van der Waals surface area contributed by atoms with Gasteiger partial charge in [0.05, 0.1) is 19.8 Å². The van der Waals surface area contributed by atoms with E-state index in [-0.39, 0.29) is 6.04 Å². The highest BCUT2D eigenvalue weighted by molar-refractivity contribution is 9.10. The molecule has 156 valence electrons. The van der Waals surface area contributed by atoms with Crippen LogP contribution in [0.15, 0.2) is 40.9 Å². The fourth-order valence-electron chi connectivity index (χ4n) is 3.99. The maximum Gasteiger partial charge on any atom is 0.320 e. The van der Waals surface area contributed by atoms with Crippen LogP contribution in [-0.4, -0.2) is 42.3 Å². The Balaban J connectivity index is 2.24. The van der Waals surface area contributed by atoms with E-state index in [1.165, 1.54) is 0 Å². The topological polar surface area (TPSA) is 59.0 Å². The first kappa shape index (κ1) is 21.9. The van der Waals surface area contributed by atoms with E-state index in [9.17, 15) is 9.90 Å². The van der Waals surface area contributed by atoms with Crippen molar-refractivity contribution in [1.82, 2.24) is 4.90 Å². The molecule has 0 aliphatic carbocycles. The molecular weight excluding hydrogens is 458 g/mol. The van der Waals surface area contributed by atoms with Crippen molar-refractivity contribution in [3.8, 4) is 11.5 Å². The van der Waals surface area contributed by atoms with E-state index in [0.29, 0.717) is 30.3 Å². The number of piperidine rings is 1. The minimum Gasteiger partial charge on any atom is -0.496 e. The summed E-state index contributed by atoms with van der Waals surface area (Å²) in [5.41, 5.74) is 1.71. The SMILES string of the molecule is CCOc1ccc(Br)cc1C(c1cc(Cl)ccc1OC)N1CCCCC1C(=O)O. The van der Waals surface area contributed by atoms with E-state index in [2.05, 4.69) is 15.9 Å². The van der Waals surface area contributed by atoms with Gasteiger partial charge >= 0.3 is 5.97 Å². The van der Waals surface area contributed by atoms with Crippen molar-refractivity contribution >= 4 is 33.5 Å². The second-order valence-corrected chi connectivity index (χ2v) is 8.34. The number of carbonyl (C=O) groups is 1. The van der Waals surface area contributed by atoms with Crippen LogP contribution in [0.1, 0.15) is 43.4 Å². The average molecular weight is 483 g/mol. The minimum absolute atomic E-state index is 0.371. The van der Waals surface area contributed by atoms with E-state index in [1.807, 2.05) is 42.2 Å². The molecule has 0 spiro atoms. The number of likely N-dealkylation sites (tertiary alicyclic amines) is 1. The Morgan fingerprint density at radius 1 is 1.24 bits per heavy atom. The highest BCUT2D eigenvalue weighted by Gasteiger charge is 2.37. The summed E-state index contributed by atoms with van der Waals surface area (Å²) in [6.07, 6.45) is 2.43. The summed E-state index contributed by atoms with van der Waals surface area (Å²) in [5.74, 6) is 0.567. The number of carboxylic acid groups (broad SMARTS) is 1. The molecule has 1 saturated heterocycles. The lowest BCUT2D eigenvalue weighted by atomic mass is 9.90. The van der Waals surface area contributed by atoms with Crippen molar-refractivity contribution in [3.63, 3.8) is 0 Å². The number of hydrogen-bond donors (Lipinski definition) is 1. The Hall–Kier alpha value is -1.76. The molecule has 2 aromatic carbocycles. The molecule has 2 atom stereocenters. The third kappa shape index (κ3) is 4.87. The van der Waals surface area contributed by atoms with Gasteiger partial charge in [0.2, 0.25) is 0 Å². The second-order valence-electron chi connectivity index (χ2n) is 6.99. The fraction of sp³-hybridized carbons (Fsp3) is 0.409. The molecule has 1 N–H and O–H groups in total. The number of hydrogen-bond acceptors (Lipinski definition) is 4. The smallest absolute Gasteiger partial charge is 0.320 e. The Bertz CT molecular complexity index is 876. The monoisotopic (exact) mass is 481 g/mol. The Kier molecular flexibility index (Phi) is 7.44. The zero-order valence-corrected chi connectivity index (χ0v) is 18.9. The summed E-state index contributed by atoms with van der Waals surface area (Å²) in [5, 5.41) is 10.5. The third-order valence-corrected chi connectivity index (χ3v) is 5.94. The maximum absolute atomic E-state index is 12.1. The molecule has 0 amide bonds. The van der Waals surface area contributed by atoms with E-state index >= 15 is 0 Å². The van der Waals surface area contributed by atoms with Gasteiger partial charge in [-0.1, -0.05) is 34.0 Å². The van der Waals surface area contributed by atoms with Gasteiger partial charge in [-0.15, -0.1) is 0 Å². The van der Waals surface area contributed by atoms with E-state index in [0.717, 1.165) is 34.2 Å². The summed E-state index contributed by atoms with van der Waals surface area (Å²) in [6, 6.07) is 10.3. The summed E-state index contributed by atoms with van der Waals surface area (Å²) in [6.45, 7) is 3.10. The number of carboxylic acids is 1. The van der Waals surface area contributed by atoms with Crippen LogP contribution in [0.25, 0.3) is 0 Å². The van der Waals surface area contributed by atoms with Gasteiger partial charge in [0.25, 0.3) is 0 Å². The van der Waals surface area contributed by atoms with Crippen molar-refractivity contribution < 1.29 is 19.4 Å². The van der Waals surface area contributed by atoms with E-state index in [4.69, 9.17) is 21.1 Å². The van der Waals surface area contributed by atoms with Gasteiger partial charge in [0.1, 0.15) is 17.5 Å². The number of ether oxygens (including phenoxy) is 2. The van der Waals surface area contributed by atoms with Crippen LogP contribution in [0.3, 0.4) is 0 Å². The van der Waals surface area contributed by atoms with Crippen LogP contribution in [0, 0.1) is 0 Å². The number of methoxy groups -OCH3 is 1. The zero-order valence-electron chi connectivity index (χ0n) is 16.5. The molecular formula is C22H25BrClNO4. The zero-order chi connectivity index (χ0) is 21.0. The van der Waals surface area contributed by atoms with Crippen molar-refractivity contribution in [1.29, 1.82) is 0 Å². The molecule has 0 bridgehead atoms. The largest absolute Gasteiger partial charge is 0.496 e. The van der Waals surface area contributed by atoms with Gasteiger partial charge in [0.15, 0.2) is 0 Å². The minimum atomic E-state index is -0.816. The van der Waals surface area contributed by atoms with E-state index < -0.39 is 12.0 Å². The number of rotatable bonds is 7. The number of nitrogens with zero attached hydrogens (tertiary/aromatic N) is 1. The number of benzene rings is 2. The van der Waals surface area contributed by atoms with Gasteiger partial charge in [-0.3, -0.25) is 9.69 Å². The van der Waals surface area contributed by atoms with Gasteiger partial charge in [-0.05, 0) is 62.7 Å². The number of aliphatic carboxylic acids is 1. The molecule has 1 aliphatic heterocycles. The first-order valence-corrected chi connectivity index (χ1v) is 10.9. The number of halogens is 2. The first-order chi connectivity index (χ1) is 14.0. The predicted molar refractivity (Wildman–Crippen MR) is 117 cm³/mol. The van der Waals surface area contributed by atoms with Crippen molar-refractivity contribution in [2.45, 2.75) is 38.3 Å². The highest BCUT2D eigenvalue weighted by Crippen LogP contribution is 2.43. The normalized spacial score (nSPS) is 18.3. The van der Waals surface area contributed by atoms with Crippen molar-refractivity contribution in [2.24, 2.45) is 0 Å². The molecule has 29 heavy (non-hydrogen) atoms. The Morgan fingerprint density at radius 2 is 1.97 bits per heavy atom. The van der Waals surface area contributed by atoms with Crippen molar-refractivity contribution in [2.75, 3.05) is 20.3 Å². The van der Waals surface area contributed by atoms with E-state index in [1.54, 1.807) is 13.2 Å². The Morgan fingerprint density at radius 3 is 2.66 bits per heavy atom. The molecule has 1 aliphatic rings. The average Bonchev–Trinajstić information content (AvgIpc) is 2.71. The second kappa shape index (κ2) is 9.83. The van der Waals surface area contributed by atoms with Gasteiger partial charge in [-0.25, -0.2) is 0 Å². The summed E-state index contributed by atoms with van der Waals surface area (Å²) in [7, 11) is 1.61. The van der Waals surface area contributed by atoms with Crippen molar-refractivity contribution in [3.05, 3.63) is 57.0 Å². The predicted octanol–water partition coefficient (Wildman–Crippen LogP) is 5.54. The molecule has 5 nitrogen and oxygen atoms in total. The quantitative estimate of drug-likeness (QED) is 0.561. The first-order valence-electron chi connectivity index (χ1n) is 9.70. The Labute approximate surface area is 184 Å². The van der Waals surface area contributed by atoms with Gasteiger partial charge in [0, 0.05) is 20.6 Å². The van der Waals surface area contributed by atoms with Crippen LogP contribution in [-0.2, 0) is 4.79 Å². The van der Waals surface area contributed by atoms with Crippen LogP contribution in [0.2, 0.25) is 5.02 Å². The molecule has 0 radical (unpaired) electrons. The molecule has 7 heteroatoms. The van der Waals surface area contributed by atoms with Gasteiger partial charge in [-0.2, -0.15) is 0 Å².